The van der Waals surface area contributed by atoms with E-state index in [0.29, 0.717) is 24.2 Å². The van der Waals surface area contributed by atoms with Crippen molar-refractivity contribution in [3.63, 3.8) is 0 Å². The summed E-state index contributed by atoms with van der Waals surface area (Å²) in [5, 5.41) is 0. The summed E-state index contributed by atoms with van der Waals surface area (Å²) in [6.45, 7) is 6.18. The van der Waals surface area contributed by atoms with Crippen LogP contribution < -0.4 is 0 Å². The standard InChI is InChI=1S/C18H27NO/c1-3-15(2)13-18(20)19-12-8-7-11-17(14-19)16-9-5-4-6-10-16/h4-6,9-10,15,17H,3,7-8,11-14H2,1-2H3. The highest BCUT2D eigenvalue weighted by Crippen LogP contribution is 2.27. The Hall–Kier alpha value is -1.31. The molecule has 110 valence electrons. The number of hydrogen-bond donors (Lipinski definition) is 0. The van der Waals surface area contributed by atoms with E-state index in [1.807, 2.05) is 0 Å². The molecule has 2 unspecified atom stereocenters. The molecule has 0 aliphatic carbocycles. The summed E-state index contributed by atoms with van der Waals surface area (Å²) in [6.07, 6.45) is 5.37. The van der Waals surface area contributed by atoms with Crippen LogP contribution in [-0.2, 0) is 4.79 Å². The summed E-state index contributed by atoms with van der Waals surface area (Å²) in [7, 11) is 0. The fourth-order valence-electron chi connectivity index (χ4n) is 2.94. The van der Waals surface area contributed by atoms with Gasteiger partial charge in [-0.2, -0.15) is 0 Å². The highest BCUT2D eigenvalue weighted by atomic mass is 16.2. The van der Waals surface area contributed by atoms with E-state index < -0.39 is 0 Å². The molecule has 2 nitrogen and oxygen atoms in total. The van der Waals surface area contributed by atoms with Crippen molar-refractivity contribution < 1.29 is 4.79 Å². The van der Waals surface area contributed by atoms with Gasteiger partial charge in [-0.05, 0) is 24.3 Å². The lowest BCUT2D eigenvalue weighted by Crippen LogP contribution is -2.34. The molecule has 1 saturated heterocycles. The number of carbonyl (C=O) groups is 1. The molecular formula is C18H27NO. The van der Waals surface area contributed by atoms with Crippen molar-refractivity contribution in [3.05, 3.63) is 35.9 Å². The zero-order chi connectivity index (χ0) is 14.4. The van der Waals surface area contributed by atoms with Crippen LogP contribution in [0, 0.1) is 5.92 Å². The van der Waals surface area contributed by atoms with Crippen molar-refractivity contribution in [1.29, 1.82) is 0 Å². The second kappa shape index (κ2) is 7.47. The van der Waals surface area contributed by atoms with Gasteiger partial charge < -0.3 is 4.90 Å². The summed E-state index contributed by atoms with van der Waals surface area (Å²) in [4.78, 5) is 14.5. The van der Waals surface area contributed by atoms with E-state index in [1.165, 1.54) is 18.4 Å². The Morgan fingerprint density at radius 3 is 2.75 bits per heavy atom. The van der Waals surface area contributed by atoms with Gasteiger partial charge in [-0.15, -0.1) is 0 Å². The third-order valence-electron chi connectivity index (χ3n) is 4.52. The van der Waals surface area contributed by atoms with Crippen molar-refractivity contribution >= 4 is 5.91 Å². The van der Waals surface area contributed by atoms with Crippen molar-refractivity contribution in [3.8, 4) is 0 Å². The molecule has 0 N–H and O–H groups in total. The molecule has 0 bridgehead atoms. The Morgan fingerprint density at radius 1 is 1.30 bits per heavy atom. The molecule has 1 aromatic carbocycles. The minimum absolute atomic E-state index is 0.349. The molecule has 1 amide bonds. The van der Waals surface area contributed by atoms with Gasteiger partial charge in [0.2, 0.25) is 5.91 Å². The first-order chi connectivity index (χ1) is 9.70. The van der Waals surface area contributed by atoms with Crippen LogP contribution in [0.4, 0.5) is 0 Å². The molecule has 0 aromatic heterocycles. The number of hydrogen-bond acceptors (Lipinski definition) is 1. The van der Waals surface area contributed by atoms with Crippen molar-refractivity contribution in [2.75, 3.05) is 13.1 Å². The molecule has 1 fully saturated rings. The third-order valence-corrected chi connectivity index (χ3v) is 4.52. The molecule has 2 rings (SSSR count). The normalized spacial score (nSPS) is 21.3. The SMILES string of the molecule is CCC(C)CC(=O)N1CCCCC(c2ccccc2)C1. The van der Waals surface area contributed by atoms with Gasteiger partial charge in [-0.3, -0.25) is 4.79 Å². The number of nitrogens with zero attached hydrogens (tertiary/aromatic N) is 1. The molecule has 0 spiro atoms. The highest BCUT2D eigenvalue weighted by Gasteiger charge is 2.23. The number of likely N-dealkylation sites (tertiary alicyclic amines) is 1. The second-order valence-corrected chi connectivity index (χ2v) is 6.16. The lowest BCUT2D eigenvalue weighted by molar-refractivity contribution is -0.132. The third kappa shape index (κ3) is 4.09. The summed E-state index contributed by atoms with van der Waals surface area (Å²) >= 11 is 0. The lowest BCUT2D eigenvalue weighted by Gasteiger charge is -2.26. The molecule has 0 radical (unpaired) electrons. The molecular weight excluding hydrogens is 246 g/mol. The van der Waals surface area contributed by atoms with Crippen LogP contribution in [0.5, 0.6) is 0 Å². The first kappa shape index (κ1) is 15.1. The summed E-state index contributed by atoms with van der Waals surface area (Å²) in [5.41, 5.74) is 1.38. The van der Waals surface area contributed by atoms with E-state index in [9.17, 15) is 4.79 Å². The van der Waals surface area contributed by atoms with E-state index in [0.717, 1.165) is 25.9 Å². The summed E-state index contributed by atoms with van der Waals surface area (Å²) < 4.78 is 0. The van der Waals surface area contributed by atoms with Crippen molar-refractivity contribution in [1.82, 2.24) is 4.90 Å². The number of amides is 1. The topological polar surface area (TPSA) is 20.3 Å². The maximum Gasteiger partial charge on any atom is 0.222 e. The van der Waals surface area contributed by atoms with Crippen LogP contribution in [0.25, 0.3) is 0 Å². The molecule has 1 aliphatic heterocycles. The molecule has 20 heavy (non-hydrogen) atoms. The number of carbonyl (C=O) groups excluding carboxylic acids is 1. The van der Waals surface area contributed by atoms with Crippen LogP contribution in [-0.4, -0.2) is 23.9 Å². The molecule has 2 atom stereocenters. The Labute approximate surface area is 123 Å². The average Bonchev–Trinajstić information content (AvgIpc) is 2.74. The van der Waals surface area contributed by atoms with E-state index in [1.54, 1.807) is 0 Å². The maximum absolute atomic E-state index is 12.4. The quantitative estimate of drug-likeness (QED) is 0.804. The molecule has 2 heteroatoms. The van der Waals surface area contributed by atoms with Gasteiger partial charge in [-0.1, -0.05) is 57.0 Å². The van der Waals surface area contributed by atoms with E-state index in [4.69, 9.17) is 0 Å². The maximum atomic E-state index is 12.4. The van der Waals surface area contributed by atoms with Crippen LogP contribution >= 0.6 is 0 Å². The van der Waals surface area contributed by atoms with Crippen LogP contribution in [0.1, 0.15) is 57.4 Å². The molecule has 1 heterocycles. The van der Waals surface area contributed by atoms with Gasteiger partial charge >= 0.3 is 0 Å². The van der Waals surface area contributed by atoms with Crippen LogP contribution in [0.3, 0.4) is 0 Å². The first-order valence-electron chi connectivity index (χ1n) is 8.03. The van der Waals surface area contributed by atoms with Gasteiger partial charge in [0.1, 0.15) is 0 Å². The smallest absolute Gasteiger partial charge is 0.222 e. The second-order valence-electron chi connectivity index (χ2n) is 6.16. The van der Waals surface area contributed by atoms with Gasteiger partial charge in [-0.25, -0.2) is 0 Å². The Balaban J connectivity index is 2.02. The fourth-order valence-corrected chi connectivity index (χ4v) is 2.94. The van der Waals surface area contributed by atoms with Gasteiger partial charge in [0.15, 0.2) is 0 Å². The zero-order valence-corrected chi connectivity index (χ0v) is 12.8. The predicted octanol–water partition coefficient (Wildman–Crippen LogP) is 4.22. The monoisotopic (exact) mass is 273 g/mol. The summed E-state index contributed by atoms with van der Waals surface area (Å²) in [6, 6.07) is 10.7. The average molecular weight is 273 g/mol. The summed E-state index contributed by atoms with van der Waals surface area (Å²) in [5.74, 6) is 1.36. The fraction of sp³-hybridized carbons (Fsp3) is 0.611. The predicted molar refractivity (Wildman–Crippen MR) is 83.7 cm³/mol. The largest absolute Gasteiger partial charge is 0.342 e. The highest BCUT2D eigenvalue weighted by molar-refractivity contribution is 5.76. The zero-order valence-electron chi connectivity index (χ0n) is 12.8. The minimum Gasteiger partial charge on any atom is -0.342 e. The number of benzene rings is 1. The van der Waals surface area contributed by atoms with Gasteiger partial charge in [0, 0.05) is 25.4 Å². The minimum atomic E-state index is 0.349. The van der Waals surface area contributed by atoms with Gasteiger partial charge in [0.05, 0.1) is 0 Å². The molecule has 1 aliphatic rings. The lowest BCUT2D eigenvalue weighted by atomic mass is 9.94. The van der Waals surface area contributed by atoms with Crippen molar-refractivity contribution in [2.24, 2.45) is 5.92 Å². The van der Waals surface area contributed by atoms with Crippen molar-refractivity contribution in [2.45, 2.75) is 51.9 Å². The van der Waals surface area contributed by atoms with Crippen LogP contribution in [0.2, 0.25) is 0 Å². The molecule has 1 aromatic rings. The Bertz CT molecular complexity index is 415. The van der Waals surface area contributed by atoms with Gasteiger partial charge in [0.25, 0.3) is 0 Å². The molecule has 0 saturated carbocycles. The van der Waals surface area contributed by atoms with E-state index in [2.05, 4.69) is 49.1 Å². The first-order valence-corrected chi connectivity index (χ1v) is 8.03. The Kier molecular flexibility index (Phi) is 5.63. The van der Waals surface area contributed by atoms with E-state index in [-0.39, 0.29) is 0 Å². The number of rotatable bonds is 4. The Morgan fingerprint density at radius 2 is 2.05 bits per heavy atom. The van der Waals surface area contributed by atoms with Crippen LogP contribution in [0.15, 0.2) is 30.3 Å². The van der Waals surface area contributed by atoms with E-state index >= 15 is 0 Å².